The van der Waals surface area contributed by atoms with Crippen molar-refractivity contribution in [3.63, 3.8) is 0 Å². The average molecular weight is 634 g/mol. The Morgan fingerprint density at radius 1 is 0.738 bits per heavy atom. The summed E-state index contributed by atoms with van der Waals surface area (Å²) in [7, 11) is 0. The average Bonchev–Trinajstić information content (AvgIpc) is 2.81. The van der Waals surface area contributed by atoms with Crippen molar-refractivity contribution in [3.8, 4) is 0 Å². The lowest BCUT2D eigenvalue weighted by atomic mass is 10.3. The van der Waals surface area contributed by atoms with E-state index in [4.69, 9.17) is 5.11 Å². The summed E-state index contributed by atoms with van der Waals surface area (Å²) in [5.74, 6) is -7.39. The van der Waals surface area contributed by atoms with Gasteiger partial charge in [-0.3, -0.25) is 0 Å². The SMILES string of the molecule is CCOC(=O)c1cnc(C(F)(F)F)nc1NCCC(F)(F)F.O=C(O)c1cnc(C(F)(F)F)nc1NCCC(F)(F)F. The number of nitrogens with zero attached hydrogens (tertiary/aromatic N) is 4. The van der Waals surface area contributed by atoms with Gasteiger partial charge in [0.05, 0.1) is 19.4 Å². The quantitative estimate of drug-likeness (QED) is 0.236. The topological polar surface area (TPSA) is 139 Å². The fourth-order valence-electron chi connectivity index (χ4n) is 2.47. The lowest BCUT2D eigenvalue weighted by Crippen LogP contribution is -2.20. The van der Waals surface area contributed by atoms with Crippen LogP contribution in [0.3, 0.4) is 0 Å². The molecule has 2 aromatic rings. The van der Waals surface area contributed by atoms with Crippen LogP contribution in [0.1, 0.15) is 52.1 Å². The number of carbonyl (C=O) groups excluding carboxylic acids is 1. The Morgan fingerprint density at radius 3 is 1.45 bits per heavy atom. The molecule has 42 heavy (non-hydrogen) atoms. The molecule has 0 unspecified atom stereocenters. The van der Waals surface area contributed by atoms with E-state index in [9.17, 15) is 62.3 Å². The van der Waals surface area contributed by atoms with Crippen LogP contribution in [0, 0.1) is 0 Å². The maximum atomic E-state index is 12.5. The molecule has 0 radical (unpaired) electrons. The highest BCUT2D eigenvalue weighted by Gasteiger charge is 2.37. The molecule has 0 aliphatic rings. The number of alkyl halides is 12. The number of carbonyl (C=O) groups is 2. The van der Waals surface area contributed by atoms with E-state index < -0.39 is 97.0 Å². The van der Waals surface area contributed by atoms with Crippen LogP contribution < -0.4 is 10.6 Å². The second kappa shape index (κ2) is 14.2. The minimum Gasteiger partial charge on any atom is -0.477 e. The lowest BCUT2D eigenvalue weighted by molar-refractivity contribution is -0.145. The summed E-state index contributed by atoms with van der Waals surface area (Å²) in [5.41, 5.74) is -1.22. The highest BCUT2D eigenvalue weighted by atomic mass is 19.4. The van der Waals surface area contributed by atoms with E-state index in [1.165, 1.54) is 6.92 Å². The fraction of sp³-hybridized carbons (Fsp3) is 0.500. The molecule has 3 N–H and O–H groups in total. The molecule has 0 aliphatic carbocycles. The Morgan fingerprint density at radius 2 is 1.12 bits per heavy atom. The molecule has 2 rings (SSSR count). The zero-order valence-corrected chi connectivity index (χ0v) is 20.7. The number of anilines is 2. The smallest absolute Gasteiger partial charge is 0.451 e. The van der Waals surface area contributed by atoms with Crippen LogP contribution in [-0.2, 0) is 17.1 Å². The molecule has 0 fully saturated rings. The minimum atomic E-state index is -4.93. The maximum Gasteiger partial charge on any atom is 0.451 e. The molecule has 0 saturated heterocycles. The van der Waals surface area contributed by atoms with Crippen molar-refractivity contribution in [1.29, 1.82) is 0 Å². The third-order valence-corrected chi connectivity index (χ3v) is 4.21. The normalized spacial score (nSPS) is 12.2. The largest absolute Gasteiger partial charge is 0.477 e. The molecular weight excluding hydrogens is 616 g/mol. The molecule has 22 heteroatoms. The first kappa shape index (κ1) is 35.9. The van der Waals surface area contributed by atoms with Crippen LogP contribution in [0.2, 0.25) is 0 Å². The highest BCUT2D eigenvalue weighted by Crippen LogP contribution is 2.29. The number of nitrogens with one attached hydrogen (secondary N) is 2. The third-order valence-electron chi connectivity index (χ3n) is 4.21. The molecule has 2 aromatic heterocycles. The van der Waals surface area contributed by atoms with Gasteiger partial charge in [0.15, 0.2) is 0 Å². The van der Waals surface area contributed by atoms with Crippen molar-refractivity contribution in [2.45, 2.75) is 44.5 Å². The monoisotopic (exact) mass is 634 g/mol. The second-order valence-electron chi connectivity index (χ2n) is 7.52. The first-order valence-electron chi connectivity index (χ1n) is 10.9. The first-order valence-corrected chi connectivity index (χ1v) is 10.9. The van der Waals surface area contributed by atoms with Crippen molar-refractivity contribution >= 4 is 23.6 Å². The molecule has 0 bridgehead atoms. The van der Waals surface area contributed by atoms with E-state index in [1.54, 1.807) is 0 Å². The van der Waals surface area contributed by atoms with Crippen molar-refractivity contribution in [2.75, 3.05) is 30.3 Å². The number of aromatic nitrogens is 4. The van der Waals surface area contributed by atoms with Gasteiger partial charge in [0.25, 0.3) is 0 Å². The Bertz CT molecular complexity index is 1220. The van der Waals surface area contributed by atoms with Gasteiger partial charge in [-0.25, -0.2) is 29.5 Å². The molecule has 0 amide bonds. The van der Waals surface area contributed by atoms with Gasteiger partial charge in [0, 0.05) is 25.5 Å². The van der Waals surface area contributed by atoms with Crippen molar-refractivity contribution in [2.24, 2.45) is 0 Å². The molecule has 0 saturated carbocycles. The van der Waals surface area contributed by atoms with E-state index in [0.717, 1.165) is 0 Å². The highest BCUT2D eigenvalue weighted by molar-refractivity contribution is 5.94. The second-order valence-corrected chi connectivity index (χ2v) is 7.52. The predicted octanol–water partition coefficient (Wildman–Crippen LogP) is 5.59. The number of hydrogen-bond acceptors (Lipinski definition) is 9. The van der Waals surface area contributed by atoms with Gasteiger partial charge >= 0.3 is 36.6 Å². The van der Waals surface area contributed by atoms with Gasteiger partial charge < -0.3 is 20.5 Å². The van der Waals surface area contributed by atoms with E-state index in [2.05, 4.69) is 24.7 Å². The van der Waals surface area contributed by atoms with Gasteiger partial charge in [-0.15, -0.1) is 0 Å². The van der Waals surface area contributed by atoms with Gasteiger partial charge in [-0.2, -0.15) is 52.7 Å². The number of halogens is 12. The standard InChI is InChI=1S/C11H11F6N3O2.C9H7F6N3O2/c1-2-22-8(21)6-5-19-9(11(15,16)17)20-7(6)18-4-3-10(12,13)14;10-8(11,12)1-2-16-5-4(6(19)20)3-17-7(18-5)9(13,14)15/h5H,2-4H2,1H3,(H,18,19,20);3H,1-2H2,(H,19,20)(H,16,17,18). The summed E-state index contributed by atoms with van der Waals surface area (Å²) in [6.07, 6.45) is -20.6. The van der Waals surface area contributed by atoms with E-state index in [1.807, 2.05) is 10.6 Å². The number of ether oxygens (including phenoxy) is 1. The predicted molar refractivity (Wildman–Crippen MR) is 115 cm³/mol. The fourth-order valence-corrected chi connectivity index (χ4v) is 2.47. The van der Waals surface area contributed by atoms with Gasteiger partial charge in [0.2, 0.25) is 11.6 Å². The van der Waals surface area contributed by atoms with Crippen LogP contribution in [0.5, 0.6) is 0 Å². The summed E-state index contributed by atoms with van der Waals surface area (Å²) >= 11 is 0. The zero-order chi connectivity index (χ0) is 32.5. The number of carboxylic acid groups (broad SMARTS) is 1. The van der Waals surface area contributed by atoms with Crippen molar-refractivity contribution in [3.05, 3.63) is 35.2 Å². The molecule has 2 heterocycles. The number of carboxylic acids is 1. The van der Waals surface area contributed by atoms with Crippen LogP contribution in [0.4, 0.5) is 64.3 Å². The van der Waals surface area contributed by atoms with Gasteiger partial charge in [0.1, 0.15) is 22.8 Å². The summed E-state index contributed by atoms with van der Waals surface area (Å²) in [5, 5.41) is 12.7. The molecule has 0 aliphatic heterocycles. The maximum absolute atomic E-state index is 12.5. The molecule has 0 aromatic carbocycles. The summed E-state index contributed by atoms with van der Waals surface area (Å²) < 4.78 is 151. The number of esters is 1. The van der Waals surface area contributed by atoms with Gasteiger partial charge in [-0.1, -0.05) is 0 Å². The Balaban J connectivity index is 0.000000422. The Hall–Kier alpha value is -4.14. The number of rotatable bonds is 9. The van der Waals surface area contributed by atoms with E-state index >= 15 is 0 Å². The van der Waals surface area contributed by atoms with Crippen LogP contribution in [0.15, 0.2) is 12.4 Å². The van der Waals surface area contributed by atoms with Crippen LogP contribution >= 0.6 is 0 Å². The molecule has 10 nitrogen and oxygen atoms in total. The molecular formula is C20H18F12N6O4. The van der Waals surface area contributed by atoms with Crippen molar-refractivity contribution in [1.82, 2.24) is 19.9 Å². The van der Waals surface area contributed by atoms with Gasteiger partial charge in [-0.05, 0) is 6.92 Å². The zero-order valence-electron chi connectivity index (χ0n) is 20.7. The van der Waals surface area contributed by atoms with E-state index in [-0.39, 0.29) is 6.61 Å². The number of hydrogen-bond donors (Lipinski definition) is 3. The third kappa shape index (κ3) is 12.6. The summed E-state index contributed by atoms with van der Waals surface area (Å²) in [4.78, 5) is 34.0. The first-order chi connectivity index (χ1) is 19.0. The molecule has 0 atom stereocenters. The van der Waals surface area contributed by atoms with E-state index in [0.29, 0.717) is 12.4 Å². The summed E-state index contributed by atoms with van der Waals surface area (Å²) in [6, 6.07) is 0. The van der Waals surface area contributed by atoms with Crippen molar-refractivity contribution < 1.29 is 72.1 Å². The Kier molecular flexibility index (Phi) is 12.1. The lowest BCUT2D eigenvalue weighted by Gasteiger charge is -2.13. The molecule has 0 spiro atoms. The summed E-state index contributed by atoms with van der Waals surface area (Å²) in [6.45, 7) is -0.163. The van der Waals surface area contributed by atoms with Crippen LogP contribution in [0.25, 0.3) is 0 Å². The number of aromatic carboxylic acids is 1. The molecule has 236 valence electrons. The Labute approximate surface area is 226 Å². The minimum absolute atomic E-state index is 0.0676. The van der Waals surface area contributed by atoms with Crippen LogP contribution in [-0.4, -0.2) is 69.0 Å².